The van der Waals surface area contributed by atoms with Gasteiger partial charge in [-0.05, 0) is 72.2 Å². The van der Waals surface area contributed by atoms with Crippen molar-refractivity contribution in [2.24, 2.45) is 0 Å². The van der Waals surface area contributed by atoms with Crippen LogP contribution < -0.4 is 9.47 Å². The van der Waals surface area contributed by atoms with Gasteiger partial charge in [-0.3, -0.25) is 9.11 Å². The normalized spacial score (nSPS) is 15.1. The molecule has 0 bridgehead atoms. The summed E-state index contributed by atoms with van der Waals surface area (Å²) in [7, 11) is -8.01. The fraction of sp³-hybridized carbons (Fsp3) is 0.348. The number of aryl methyl sites for hydroxylation is 1. The summed E-state index contributed by atoms with van der Waals surface area (Å²) < 4.78 is 67.1. The second kappa shape index (κ2) is 12.1. The molecule has 0 atom stereocenters. The summed E-state index contributed by atoms with van der Waals surface area (Å²) in [4.78, 5) is 3.16. The number of aromatic nitrogens is 1. The Morgan fingerprint density at radius 2 is 1.68 bits per heavy atom. The molecule has 14 heteroatoms. The summed E-state index contributed by atoms with van der Waals surface area (Å²) >= 11 is 11.8. The number of halogens is 2. The predicted molar refractivity (Wildman–Crippen MR) is 159 cm³/mol. The molecule has 0 amide bonds. The highest BCUT2D eigenvalue weighted by Crippen LogP contribution is 2.48. The van der Waals surface area contributed by atoms with Crippen molar-refractivity contribution in [3.8, 4) is 0 Å². The Morgan fingerprint density at radius 1 is 0.973 bits per heavy atom. The van der Waals surface area contributed by atoms with Gasteiger partial charge in [0.2, 0.25) is 5.52 Å². The smallest absolute Gasteiger partial charge is 0.265 e. The van der Waals surface area contributed by atoms with Gasteiger partial charge >= 0.3 is 0 Å². The van der Waals surface area contributed by atoms with Gasteiger partial charge in [0.25, 0.3) is 25.2 Å². The van der Waals surface area contributed by atoms with Crippen molar-refractivity contribution in [1.29, 1.82) is 0 Å². The average molecular weight is 716 g/mol. The summed E-state index contributed by atoms with van der Waals surface area (Å²) in [5.41, 5.74) is 2.00. The van der Waals surface area contributed by atoms with Crippen LogP contribution in [-0.4, -0.2) is 44.0 Å². The molecule has 0 aliphatic carbocycles. The third-order valence-corrected chi connectivity index (χ3v) is 10.4. The molecule has 0 spiro atoms. The highest BCUT2D eigenvalue weighted by molar-refractivity contribution is 14.1. The van der Waals surface area contributed by atoms with Gasteiger partial charge in [0.1, 0.15) is 4.70 Å². The minimum Gasteiger partial charge on any atom is -0.335 e. The van der Waals surface area contributed by atoms with Crippen LogP contribution in [0.1, 0.15) is 30.7 Å². The topological polar surface area (TPSA) is 116 Å². The summed E-state index contributed by atoms with van der Waals surface area (Å²) in [6.45, 7) is 1.14. The minimum atomic E-state index is -4.01. The van der Waals surface area contributed by atoms with E-state index < -0.39 is 20.2 Å². The van der Waals surface area contributed by atoms with Gasteiger partial charge in [-0.25, -0.2) is 0 Å². The van der Waals surface area contributed by atoms with Crippen molar-refractivity contribution in [1.82, 2.24) is 0 Å². The first-order valence-electron chi connectivity index (χ1n) is 11.4. The monoisotopic (exact) mass is 715 g/mol. The number of unbranched alkanes of at least 4 members (excludes halogenated alkanes) is 2. The van der Waals surface area contributed by atoms with Gasteiger partial charge in [0, 0.05) is 32.5 Å². The van der Waals surface area contributed by atoms with Crippen LogP contribution in [0, 0.1) is 3.57 Å². The van der Waals surface area contributed by atoms with E-state index in [-0.39, 0.29) is 11.5 Å². The molecule has 3 aromatic rings. The van der Waals surface area contributed by atoms with Crippen molar-refractivity contribution >= 4 is 99.5 Å². The Hall–Kier alpha value is -0.940. The minimum absolute atomic E-state index is 0.271. The molecule has 1 aliphatic heterocycles. The zero-order chi connectivity index (χ0) is 26.8. The van der Waals surface area contributed by atoms with Crippen LogP contribution in [0.2, 0.25) is 5.02 Å². The van der Waals surface area contributed by atoms with Crippen molar-refractivity contribution < 1.29 is 30.5 Å². The summed E-state index contributed by atoms with van der Waals surface area (Å²) in [6.07, 6.45) is 3.92. The average Bonchev–Trinajstić information content (AvgIpc) is 3.30. The second-order valence-electron chi connectivity index (χ2n) is 8.54. The van der Waals surface area contributed by atoms with Gasteiger partial charge < -0.3 is 4.90 Å². The van der Waals surface area contributed by atoms with Crippen molar-refractivity contribution in [2.45, 2.75) is 37.1 Å². The molecular weight excluding hydrogens is 691 g/mol. The Labute approximate surface area is 243 Å². The number of hydrogen-bond donors (Lipinski definition) is 2. The van der Waals surface area contributed by atoms with Crippen LogP contribution in [0.15, 0.2) is 46.3 Å². The first kappa shape index (κ1) is 29.1. The Bertz CT molecular complexity index is 1560. The zero-order valence-electron chi connectivity index (χ0n) is 19.5. The lowest BCUT2D eigenvalue weighted by atomic mass is 10.2. The highest BCUT2D eigenvalue weighted by atomic mass is 127. The molecular formula is C23H25ClIN2O6S4+. The number of rotatable bonds is 11. The van der Waals surface area contributed by atoms with E-state index in [0.29, 0.717) is 43.8 Å². The van der Waals surface area contributed by atoms with Crippen LogP contribution in [0.25, 0.3) is 16.3 Å². The molecule has 4 rings (SSSR count). The number of fused-ring (bicyclic) bond motifs is 2. The molecule has 37 heavy (non-hydrogen) atoms. The number of hydrogen-bond acceptors (Lipinski definition) is 7. The van der Waals surface area contributed by atoms with E-state index in [2.05, 4.69) is 50.3 Å². The molecule has 8 nitrogen and oxygen atoms in total. The molecule has 2 heterocycles. The maximum absolute atomic E-state index is 11.2. The number of thiazole rings is 1. The van der Waals surface area contributed by atoms with E-state index in [1.165, 1.54) is 0 Å². The quantitative estimate of drug-likeness (QED) is 0.113. The van der Waals surface area contributed by atoms with Crippen molar-refractivity contribution in [2.75, 3.05) is 23.0 Å². The highest BCUT2D eigenvalue weighted by Gasteiger charge is 2.28. The van der Waals surface area contributed by atoms with Crippen LogP contribution in [0.5, 0.6) is 0 Å². The lowest BCUT2D eigenvalue weighted by molar-refractivity contribution is -0.669. The Morgan fingerprint density at radius 3 is 2.38 bits per heavy atom. The van der Waals surface area contributed by atoms with Gasteiger partial charge in [-0.2, -0.15) is 21.4 Å². The molecule has 0 radical (unpaired) electrons. The Kier molecular flexibility index (Phi) is 9.47. The first-order valence-corrected chi connectivity index (χ1v) is 17.7. The molecule has 0 fully saturated rings. The molecule has 200 valence electrons. The van der Waals surface area contributed by atoms with Crippen molar-refractivity contribution in [3.63, 3.8) is 0 Å². The maximum atomic E-state index is 11.2. The van der Waals surface area contributed by atoms with Crippen LogP contribution in [0.3, 0.4) is 0 Å². The fourth-order valence-electron chi connectivity index (χ4n) is 4.04. The fourth-order valence-corrected chi connectivity index (χ4v) is 8.10. The molecule has 1 aliphatic rings. The number of benzene rings is 2. The summed E-state index contributed by atoms with van der Waals surface area (Å²) in [5.74, 6) is -0.555. The lowest BCUT2D eigenvalue weighted by Crippen LogP contribution is -2.35. The number of nitrogens with zero attached hydrogens (tertiary/aromatic N) is 2. The SMILES string of the molecule is O=S(=O)(O)CCCCN1C(=Cc2sc3ccc(I)cc3[n+]2CCCCS(=O)(=O)O)Sc2ccc(Cl)cc21. The number of thioether (sulfide) groups is 1. The van der Waals surface area contributed by atoms with E-state index in [1.807, 2.05) is 24.3 Å². The third-order valence-electron chi connectivity index (χ3n) is 5.70. The molecule has 2 N–H and O–H groups in total. The Balaban J connectivity index is 1.66. The van der Waals surface area contributed by atoms with Crippen LogP contribution >= 0.6 is 57.3 Å². The number of anilines is 1. The summed E-state index contributed by atoms with van der Waals surface area (Å²) in [5, 5.41) is 2.57. The largest absolute Gasteiger partial charge is 0.335 e. The van der Waals surface area contributed by atoms with Crippen molar-refractivity contribution in [3.05, 3.63) is 55.0 Å². The van der Waals surface area contributed by atoms with E-state index in [4.69, 9.17) is 20.7 Å². The van der Waals surface area contributed by atoms with Gasteiger partial charge in [-0.15, -0.1) is 0 Å². The van der Waals surface area contributed by atoms with E-state index in [9.17, 15) is 16.8 Å². The maximum Gasteiger partial charge on any atom is 0.265 e. The van der Waals surface area contributed by atoms with Gasteiger partial charge in [0.05, 0.1) is 28.3 Å². The van der Waals surface area contributed by atoms with E-state index in [0.717, 1.165) is 34.4 Å². The van der Waals surface area contributed by atoms with E-state index >= 15 is 0 Å². The van der Waals surface area contributed by atoms with Gasteiger partial charge in [-0.1, -0.05) is 34.7 Å². The molecule has 1 aromatic heterocycles. The predicted octanol–water partition coefficient (Wildman–Crippen LogP) is 5.69. The lowest BCUT2D eigenvalue weighted by Gasteiger charge is -2.20. The standard InChI is InChI=1S/C23H24ClIN2O6S4/c24-16-5-7-20-18(13-16)26(9-1-3-11-36(28,29)30)22(34-20)15-23-27(10-2-4-12-37(31,32)33)19-14-17(25)6-8-21(19)35-23/h5-8,13-15H,1-4,9-12H2,(H-,28,29,30,31,32,33)/p+1. The molecule has 0 saturated carbocycles. The third kappa shape index (κ3) is 8.03. The van der Waals surface area contributed by atoms with E-state index in [1.54, 1.807) is 23.1 Å². The summed E-state index contributed by atoms with van der Waals surface area (Å²) in [6, 6.07) is 11.9. The zero-order valence-corrected chi connectivity index (χ0v) is 25.7. The van der Waals surface area contributed by atoms with Crippen LogP contribution in [0.4, 0.5) is 5.69 Å². The first-order chi connectivity index (χ1) is 17.4. The second-order valence-corrected chi connectivity index (χ2v) is 15.5. The molecule has 0 saturated heterocycles. The molecule has 0 unspecified atom stereocenters. The van der Waals surface area contributed by atoms with Gasteiger partial charge in [0.15, 0.2) is 6.54 Å². The molecule has 2 aromatic carbocycles. The van der Waals surface area contributed by atoms with Crippen LogP contribution in [-0.2, 0) is 26.8 Å².